The van der Waals surface area contributed by atoms with Gasteiger partial charge in [0, 0.05) is 5.41 Å². The van der Waals surface area contributed by atoms with Crippen molar-refractivity contribution < 1.29 is 4.79 Å². The van der Waals surface area contributed by atoms with Crippen molar-refractivity contribution in [3.05, 3.63) is 0 Å². The Bertz CT molecular complexity index is 171. The molecular weight excluding hydrogens is 140 g/mol. The molecular formula is C8H14N2O. The molecule has 62 valence electrons. The number of ketones is 1. The molecule has 1 rings (SSSR count). The average Bonchev–Trinajstić information content (AvgIpc) is 2.38. The fraction of sp³-hybridized carbons (Fsp3) is 0.875. The van der Waals surface area contributed by atoms with E-state index in [2.05, 4.69) is 5.11 Å². The second kappa shape index (κ2) is 3.11. The molecule has 0 amide bonds. The van der Waals surface area contributed by atoms with Crippen LogP contribution < -0.4 is 0 Å². The molecule has 3 nitrogen and oxygen atoms in total. The summed E-state index contributed by atoms with van der Waals surface area (Å²) in [5, 5.41) is 3.13. The van der Waals surface area contributed by atoms with Gasteiger partial charge < -0.3 is 0 Å². The predicted molar refractivity (Wildman–Crippen MR) is 41.6 cm³/mol. The molecule has 0 aromatic heterocycles. The third-order valence-corrected chi connectivity index (χ3v) is 2.60. The Morgan fingerprint density at radius 2 is 2.09 bits per heavy atom. The van der Waals surface area contributed by atoms with E-state index in [0.29, 0.717) is 0 Å². The summed E-state index contributed by atoms with van der Waals surface area (Å²) in [6, 6.07) is 0. The van der Waals surface area contributed by atoms with E-state index in [1.54, 1.807) is 0 Å². The van der Waals surface area contributed by atoms with Crippen molar-refractivity contribution in [2.45, 2.75) is 32.6 Å². The second-order valence-corrected chi connectivity index (χ2v) is 3.51. The minimum absolute atomic E-state index is 0.0799. The molecule has 1 aliphatic carbocycles. The maximum Gasteiger partial charge on any atom is 0.161 e. The zero-order valence-corrected chi connectivity index (χ0v) is 6.89. The average molecular weight is 154 g/mol. The van der Waals surface area contributed by atoms with E-state index in [4.69, 9.17) is 5.53 Å². The molecule has 3 heteroatoms. The van der Waals surface area contributed by atoms with Crippen LogP contribution in [0.15, 0.2) is 5.11 Å². The quantitative estimate of drug-likeness (QED) is 0.622. The Labute approximate surface area is 66.7 Å². The lowest BCUT2D eigenvalue weighted by atomic mass is 9.84. The first-order valence-electron chi connectivity index (χ1n) is 4.05. The van der Waals surface area contributed by atoms with Gasteiger partial charge in [0.2, 0.25) is 0 Å². The molecule has 1 fully saturated rings. The van der Waals surface area contributed by atoms with Crippen molar-refractivity contribution >= 4 is 5.78 Å². The van der Waals surface area contributed by atoms with Crippen LogP contribution in [0.4, 0.5) is 0 Å². The summed E-state index contributed by atoms with van der Waals surface area (Å²) in [6.07, 6.45) is 4.28. The lowest BCUT2D eigenvalue weighted by molar-refractivity contribution is -0.126. The molecule has 0 unspecified atom stereocenters. The van der Waals surface area contributed by atoms with Crippen molar-refractivity contribution in [3.8, 4) is 0 Å². The third kappa shape index (κ3) is 1.64. The standard InChI is InChI=1S/C8H14N2O/c1-8(4-2-3-5-8)7(11)6-10-9/h9H,2-6H2,1H3. The second-order valence-electron chi connectivity index (χ2n) is 3.51. The van der Waals surface area contributed by atoms with E-state index < -0.39 is 0 Å². The molecule has 1 N–H and O–H groups in total. The molecule has 0 spiro atoms. The number of carbonyl (C=O) groups is 1. The fourth-order valence-corrected chi connectivity index (χ4v) is 1.70. The fourth-order valence-electron chi connectivity index (χ4n) is 1.70. The van der Waals surface area contributed by atoms with Gasteiger partial charge in [-0.25, -0.2) is 5.53 Å². The van der Waals surface area contributed by atoms with Crippen LogP contribution in [0, 0.1) is 10.9 Å². The Morgan fingerprint density at radius 1 is 1.55 bits per heavy atom. The van der Waals surface area contributed by atoms with Crippen LogP contribution in [0.3, 0.4) is 0 Å². The molecule has 0 bridgehead atoms. The number of Topliss-reactive ketones (excluding diaryl/α,β-unsaturated/α-hetero) is 1. The van der Waals surface area contributed by atoms with Crippen LogP contribution in [0.1, 0.15) is 32.6 Å². The summed E-state index contributed by atoms with van der Waals surface area (Å²) in [4.78, 5) is 11.4. The number of rotatable bonds is 3. The lowest BCUT2D eigenvalue weighted by Crippen LogP contribution is -2.26. The van der Waals surface area contributed by atoms with Crippen molar-refractivity contribution in [3.63, 3.8) is 0 Å². The van der Waals surface area contributed by atoms with Crippen molar-refractivity contribution in [1.29, 1.82) is 5.53 Å². The molecule has 0 radical (unpaired) electrons. The van der Waals surface area contributed by atoms with Gasteiger partial charge >= 0.3 is 0 Å². The summed E-state index contributed by atoms with van der Waals surface area (Å²) in [6.45, 7) is 2.07. The largest absolute Gasteiger partial charge is 0.297 e. The summed E-state index contributed by atoms with van der Waals surface area (Å²) < 4.78 is 0. The van der Waals surface area contributed by atoms with E-state index in [0.717, 1.165) is 25.7 Å². The van der Waals surface area contributed by atoms with Crippen LogP contribution >= 0.6 is 0 Å². The van der Waals surface area contributed by atoms with Gasteiger partial charge in [-0.3, -0.25) is 4.79 Å². The topological polar surface area (TPSA) is 53.3 Å². The van der Waals surface area contributed by atoms with Gasteiger partial charge in [-0.05, 0) is 12.8 Å². The van der Waals surface area contributed by atoms with Gasteiger partial charge in [-0.15, -0.1) is 0 Å². The van der Waals surface area contributed by atoms with Gasteiger partial charge in [0.1, 0.15) is 6.54 Å². The molecule has 0 aliphatic heterocycles. The van der Waals surface area contributed by atoms with E-state index in [1.165, 1.54) is 0 Å². The molecule has 0 heterocycles. The minimum atomic E-state index is -0.148. The third-order valence-electron chi connectivity index (χ3n) is 2.60. The van der Waals surface area contributed by atoms with E-state index >= 15 is 0 Å². The molecule has 0 aromatic carbocycles. The van der Waals surface area contributed by atoms with Crippen LogP contribution in [0.5, 0.6) is 0 Å². The Kier molecular flexibility index (Phi) is 2.37. The normalized spacial score (nSPS) is 21.5. The Balaban J connectivity index is 2.55. The Morgan fingerprint density at radius 3 is 2.55 bits per heavy atom. The van der Waals surface area contributed by atoms with Crippen LogP contribution in [0.2, 0.25) is 0 Å². The molecule has 11 heavy (non-hydrogen) atoms. The first kappa shape index (κ1) is 8.37. The van der Waals surface area contributed by atoms with E-state index in [9.17, 15) is 4.79 Å². The summed E-state index contributed by atoms with van der Waals surface area (Å²) >= 11 is 0. The Hall–Kier alpha value is -0.730. The van der Waals surface area contributed by atoms with Crippen molar-refractivity contribution in [2.75, 3.05) is 6.54 Å². The van der Waals surface area contributed by atoms with Gasteiger partial charge in [0.05, 0.1) is 0 Å². The predicted octanol–water partition coefficient (Wildman–Crippen LogP) is 2.17. The van der Waals surface area contributed by atoms with Gasteiger partial charge in [0.15, 0.2) is 5.78 Å². The van der Waals surface area contributed by atoms with Crippen LogP contribution in [-0.2, 0) is 4.79 Å². The first-order valence-corrected chi connectivity index (χ1v) is 4.05. The van der Waals surface area contributed by atoms with Gasteiger partial charge in [-0.2, -0.15) is 5.11 Å². The highest BCUT2D eigenvalue weighted by atomic mass is 16.1. The highest BCUT2D eigenvalue weighted by Crippen LogP contribution is 2.38. The number of nitrogens with zero attached hydrogens (tertiary/aromatic N) is 1. The zero-order chi connectivity index (χ0) is 8.32. The number of hydrogen-bond acceptors (Lipinski definition) is 3. The smallest absolute Gasteiger partial charge is 0.161 e. The monoisotopic (exact) mass is 154 g/mol. The molecule has 0 aromatic rings. The number of hydrogen-bond donors (Lipinski definition) is 1. The lowest BCUT2D eigenvalue weighted by Gasteiger charge is -2.19. The van der Waals surface area contributed by atoms with Crippen LogP contribution in [-0.4, -0.2) is 12.3 Å². The molecule has 1 saturated carbocycles. The molecule has 0 saturated heterocycles. The summed E-state index contributed by atoms with van der Waals surface area (Å²) in [5.41, 5.74) is 6.44. The van der Waals surface area contributed by atoms with Crippen molar-refractivity contribution in [2.24, 2.45) is 10.5 Å². The number of nitrogens with one attached hydrogen (secondary N) is 1. The zero-order valence-electron chi connectivity index (χ0n) is 6.89. The molecule has 1 aliphatic rings. The first-order chi connectivity index (χ1) is 5.19. The van der Waals surface area contributed by atoms with E-state index in [-0.39, 0.29) is 17.7 Å². The van der Waals surface area contributed by atoms with Gasteiger partial charge in [-0.1, -0.05) is 19.8 Å². The van der Waals surface area contributed by atoms with E-state index in [1.807, 2.05) is 6.92 Å². The number of carbonyl (C=O) groups excluding carboxylic acids is 1. The highest BCUT2D eigenvalue weighted by molar-refractivity contribution is 5.86. The van der Waals surface area contributed by atoms with Crippen molar-refractivity contribution in [1.82, 2.24) is 0 Å². The SMILES string of the molecule is CC1(C(=O)CN=N)CCCC1. The summed E-state index contributed by atoms with van der Waals surface area (Å²) in [5.74, 6) is 0.144. The minimum Gasteiger partial charge on any atom is -0.297 e. The van der Waals surface area contributed by atoms with Gasteiger partial charge in [0.25, 0.3) is 0 Å². The maximum absolute atomic E-state index is 11.4. The highest BCUT2D eigenvalue weighted by Gasteiger charge is 2.35. The molecule has 0 atom stereocenters. The van der Waals surface area contributed by atoms with Crippen LogP contribution in [0.25, 0.3) is 0 Å². The summed E-state index contributed by atoms with van der Waals surface area (Å²) in [7, 11) is 0. The maximum atomic E-state index is 11.4.